The average Bonchev–Trinajstić information content (AvgIpc) is 2.70. The predicted octanol–water partition coefficient (Wildman–Crippen LogP) is 4.17. The minimum Gasteiger partial charge on any atom is -0.334 e. The maximum atomic E-state index is 12.4. The Balaban J connectivity index is 2.47. The Morgan fingerprint density at radius 3 is 2.59 bits per heavy atom. The number of imidazole rings is 1. The molecule has 0 radical (unpaired) electrons. The maximum absolute atomic E-state index is 12.4. The Bertz CT molecular complexity index is 546. The van der Waals surface area contributed by atoms with Gasteiger partial charge in [-0.25, -0.2) is 4.98 Å². The van der Waals surface area contributed by atoms with E-state index in [-0.39, 0.29) is 5.82 Å². The standard InChI is InChI=1S/C11H8BrF3N2/c1-6-2-3-8(12)7(4-6)10-16-5-9(17-10)11(13,14)15/h2-5H,1H3,(H,16,17). The molecule has 17 heavy (non-hydrogen) atoms. The van der Waals surface area contributed by atoms with Crippen molar-refractivity contribution in [2.24, 2.45) is 0 Å². The lowest BCUT2D eigenvalue weighted by molar-refractivity contribution is -0.140. The molecule has 0 fully saturated rings. The molecule has 0 aliphatic carbocycles. The second kappa shape index (κ2) is 4.18. The lowest BCUT2D eigenvalue weighted by Crippen LogP contribution is -2.04. The number of aryl methyl sites for hydroxylation is 1. The van der Waals surface area contributed by atoms with E-state index in [0.29, 0.717) is 10.0 Å². The molecule has 1 aromatic carbocycles. The van der Waals surface area contributed by atoms with Crippen molar-refractivity contribution in [2.75, 3.05) is 0 Å². The third-order valence-electron chi connectivity index (χ3n) is 2.26. The molecule has 2 aromatic rings. The molecule has 0 aliphatic rings. The van der Waals surface area contributed by atoms with E-state index in [2.05, 4.69) is 25.9 Å². The van der Waals surface area contributed by atoms with Crippen LogP contribution in [0.3, 0.4) is 0 Å². The summed E-state index contributed by atoms with van der Waals surface area (Å²) in [7, 11) is 0. The Morgan fingerprint density at radius 2 is 2.00 bits per heavy atom. The molecule has 1 N–H and O–H groups in total. The quantitative estimate of drug-likeness (QED) is 0.842. The fraction of sp³-hybridized carbons (Fsp3) is 0.182. The number of aromatic nitrogens is 2. The molecule has 90 valence electrons. The van der Waals surface area contributed by atoms with Gasteiger partial charge in [-0.1, -0.05) is 27.6 Å². The zero-order valence-electron chi connectivity index (χ0n) is 8.77. The predicted molar refractivity (Wildman–Crippen MR) is 61.5 cm³/mol. The molecule has 0 amide bonds. The van der Waals surface area contributed by atoms with Gasteiger partial charge in [0.05, 0.1) is 6.20 Å². The number of halogens is 4. The second-order valence-corrected chi connectivity index (χ2v) is 4.48. The van der Waals surface area contributed by atoms with Crippen molar-refractivity contribution in [2.45, 2.75) is 13.1 Å². The summed E-state index contributed by atoms with van der Waals surface area (Å²) in [5.41, 5.74) is 0.717. The van der Waals surface area contributed by atoms with Crippen LogP contribution in [-0.2, 0) is 6.18 Å². The van der Waals surface area contributed by atoms with Crippen LogP contribution in [0.4, 0.5) is 13.2 Å². The first-order valence-corrected chi connectivity index (χ1v) is 5.56. The monoisotopic (exact) mass is 304 g/mol. The van der Waals surface area contributed by atoms with Crippen LogP contribution >= 0.6 is 15.9 Å². The number of hydrogen-bond donors (Lipinski definition) is 1. The zero-order valence-corrected chi connectivity index (χ0v) is 10.4. The number of rotatable bonds is 1. The van der Waals surface area contributed by atoms with Crippen LogP contribution in [0.5, 0.6) is 0 Å². The normalized spacial score (nSPS) is 11.8. The van der Waals surface area contributed by atoms with Crippen molar-refractivity contribution >= 4 is 15.9 Å². The van der Waals surface area contributed by atoms with E-state index < -0.39 is 11.9 Å². The number of aromatic amines is 1. The molecule has 0 spiro atoms. The van der Waals surface area contributed by atoms with Gasteiger partial charge in [0.1, 0.15) is 11.5 Å². The number of nitrogens with zero attached hydrogens (tertiary/aromatic N) is 1. The molecule has 0 bridgehead atoms. The first-order chi connectivity index (χ1) is 7.88. The Morgan fingerprint density at radius 1 is 1.29 bits per heavy atom. The Labute approximate surface area is 104 Å². The molecular weight excluding hydrogens is 297 g/mol. The fourth-order valence-corrected chi connectivity index (χ4v) is 1.86. The third kappa shape index (κ3) is 2.52. The van der Waals surface area contributed by atoms with Crippen molar-refractivity contribution in [3.05, 3.63) is 40.1 Å². The molecule has 0 aliphatic heterocycles. The number of benzene rings is 1. The van der Waals surface area contributed by atoms with Crippen molar-refractivity contribution in [3.8, 4) is 11.4 Å². The van der Waals surface area contributed by atoms with Gasteiger partial charge in [-0.15, -0.1) is 0 Å². The van der Waals surface area contributed by atoms with Gasteiger partial charge in [0.2, 0.25) is 0 Å². The first kappa shape index (κ1) is 12.2. The van der Waals surface area contributed by atoms with E-state index in [1.54, 1.807) is 12.1 Å². The van der Waals surface area contributed by atoms with Gasteiger partial charge in [-0.2, -0.15) is 13.2 Å². The Kier molecular flexibility index (Phi) is 2.99. The summed E-state index contributed by atoms with van der Waals surface area (Å²) < 4.78 is 37.9. The van der Waals surface area contributed by atoms with Crippen LogP contribution in [-0.4, -0.2) is 9.97 Å². The third-order valence-corrected chi connectivity index (χ3v) is 2.95. The van der Waals surface area contributed by atoms with Crippen LogP contribution in [0, 0.1) is 6.92 Å². The highest BCUT2D eigenvalue weighted by Crippen LogP contribution is 2.32. The van der Waals surface area contributed by atoms with Crippen LogP contribution in [0.1, 0.15) is 11.3 Å². The molecule has 1 aromatic heterocycles. The van der Waals surface area contributed by atoms with E-state index in [1.807, 2.05) is 13.0 Å². The van der Waals surface area contributed by atoms with Crippen LogP contribution < -0.4 is 0 Å². The van der Waals surface area contributed by atoms with Crippen molar-refractivity contribution < 1.29 is 13.2 Å². The molecule has 2 nitrogen and oxygen atoms in total. The van der Waals surface area contributed by atoms with Crippen LogP contribution in [0.25, 0.3) is 11.4 Å². The minimum absolute atomic E-state index is 0.202. The number of alkyl halides is 3. The van der Waals surface area contributed by atoms with E-state index in [1.165, 1.54) is 0 Å². The zero-order chi connectivity index (χ0) is 12.6. The van der Waals surface area contributed by atoms with Crippen molar-refractivity contribution in [1.29, 1.82) is 0 Å². The lowest BCUT2D eigenvalue weighted by atomic mass is 10.1. The number of hydrogen-bond acceptors (Lipinski definition) is 1. The lowest BCUT2D eigenvalue weighted by Gasteiger charge is -2.04. The highest BCUT2D eigenvalue weighted by Gasteiger charge is 2.33. The molecule has 0 unspecified atom stereocenters. The summed E-state index contributed by atoms with van der Waals surface area (Å²) in [4.78, 5) is 6.02. The van der Waals surface area contributed by atoms with Gasteiger partial charge < -0.3 is 4.98 Å². The van der Waals surface area contributed by atoms with Gasteiger partial charge in [0.25, 0.3) is 0 Å². The summed E-state index contributed by atoms with van der Waals surface area (Å²) >= 11 is 3.29. The van der Waals surface area contributed by atoms with E-state index in [9.17, 15) is 13.2 Å². The summed E-state index contributed by atoms with van der Waals surface area (Å²) in [5, 5.41) is 0. The molecule has 6 heteroatoms. The van der Waals surface area contributed by atoms with Gasteiger partial charge >= 0.3 is 6.18 Å². The molecule has 0 saturated heterocycles. The first-order valence-electron chi connectivity index (χ1n) is 4.76. The minimum atomic E-state index is -4.40. The summed E-state index contributed by atoms with van der Waals surface area (Å²) in [6.07, 6.45) is -3.61. The highest BCUT2D eigenvalue weighted by atomic mass is 79.9. The second-order valence-electron chi connectivity index (χ2n) is 3.63. The summed E-state index contributed by atoms with van der Waals surface area (Å²) in [5.74, 6) is 0.202. The highest BCUT2D eigenvalue weighted by molar-refractivity contribution is 9.10. The largest absolute Gasteiger partial charge is 0.432 e. The molecular formula is C11H8BrF3N2. The molecule has 0 saturated carbocycles. The van der Waals surface area contributed by atoms with E-state index in [0.717, 1.165) is 11.8 Å². The van der Waals surface area contributed by atoms with E-state index in [4.69, 9.17) is 0 Å². The van der Waals surface area contributed by atoms with Gasteiger partial charge in [0, 0.05) is 10.0 Å². The van der Waals surface area contributed by atoms with Crippen LogP contribution in [0.2, 0.25) is 0 Å². The fourth-order valence-electron chi connectivity index (χ4n) is 1.42. The van der Waals surface area contributed by atoms with E-state index >= 15 is 0 Å². The maximum Gasteiger partial charge on any atom is 0.432 e. The molecule has 2 rings (SSSR count). The summed E-state index contributed by atoms with van der Waals surface area (Å²) in [6.45, 7) is 1.86. The van der Waals surface area contributed by atoms with Crippen LogP contribution in [0.15, 0.2) is 28.9 Å². The number of nitrogens with one attached hydrogen (secondary N) is 1. The van der Waals surface area contributed by atoms with Gasteiger partial charge in [-0.3, -0.25) is 0 Å². The Hall–Kier alpha value is -1.30. The van der Waals surface area contributed by atoms with Gasteiger partial charge in [-0.05, 0) is 19.1 Å². The summed E-state index contributed by atoms with van der Waals surface area (Å²) in [6, 6.07) is 5.41. The van der Waals surface area contributed by atoms with Crippen molar-refractivity contribution in [1.82, 2.24) is 9.97 Å². The van der Waals surface area contributed by atoms with Crippen molar-refractivity contribution in [3.63, 3.8) is 0 Å². The average molecular weight is 305 g/mol. The topological polar surface area (TPSA) is 28.7 Å². The smallest absolute Gasteiger partial charge is 0.334 e. The molecule has 1 heterocycles. The van der Waals surface area contributed by atoms with Gasteiger partial charge in [0.15, 0.2) is 0 Å². The number of H-pyrrole nitrogens is 1. The SMILES string of the molecule is Cc1ccc(Br)c(-c2ncc(C(F)(F)F)[nH]2)c1. The molecule has 0 atom stereocenters.